The van der Waals surface area contributed by atoms with Gasteiger partial charge >= 0.3 is 0 Å². The Morgan fingerprint density at radius 1 is 1.11 bits per heavy atom. The second-order valence-corrected chi connectivity index (χ2v) is 8.47. The summed E-state index contributed by atoms with van der Waals surface area (Å²) in [6.45, 7) is 7.97. The average molecular weight is 402 g/mol. The Morgan fingerprint density at radius 2 is 1.75 bits per heavy atom. The molecule has 3 aromatic rings. The molecule has 0 aliphatic rings. The zero-order valence-corrected chi connectivity index (χ0v) is 17.0. The fourth-order valence-corrected chi connectivity index (χ4v) is 4.66. The Balaban J connectivity index is 2.22. The van der Waals surface area contributed by atoms with Gasteiger partial charge in [0.2, 0.25) is 10.0 Å². The van der Waals surface area contributed by atoms with Crippen molar-refractivity contribution in [3.63, 3.8) is 0 Å². The molecular weight excluding hydrogens is 380 g/mol. The lowest BCUT2D eigenvalue weighted by molar-refractivity contribution is -0.384. The number of aryl methyl sites for hydroxylation is 2. The molecule has 0 bridgehead atoms. The highest BCUT2D eigenvalue weighted by molar-refractivity contribution is 7.89. The van der Waals surface area contributed by atoms with Crippen LogP contribution < -0.4 is 0 Å². The Hall–Kier alpha value is -2.78. The van der Waals surface area contributed by atoms with Gasteiger partial charge in [0.25, 0.3) is 5.69 Å². The molecule has 8 nitrogen and oxygen atoms in total. The van der Waals surface area contributed by atoms with Crippen LogP contribution in [0, 0.1) is 24.0 Å². The van der Waals surface area contributed by atoms with Gasteiger partial charge in [-0.1, -0.05) is 13.8 Å². The van der Waals surface area contributed by atoms with Crippen molar-refractivity contribution < 1.29 is 13.3 Å². The first kappa shape index (κ1) is 20.0. The van der Waals surface area contributed by atoms with Crippen molar-refractivity contribution in [1.82, 2.24) is 13.9 Å². The lowest BCUT2D eigenvalue weighted by Crippen LogP contribution is -2.30. The van der Waals surface area contributed by atoms with Gasteiger partial charge < -0.3 is 0 Å². The van der Waals surface area contributed by atoms with Crippen LogP contribution in [-0.4, -0.2) is 40.3 Å². The maximum absolute atomic E-state index is 12.7. The zero-order chi connectivity index (χ0) is 20.6. The maximum atomic E-state index is 12.7. The molecular formula is C19H22N4O4S. The fourth-order valence-electron chi connectivity index (χ4n) is 3.18. The molecule has 0 spiro atoms. The fraction of sp³-hybridized carbons (Fsp3) is 0.316. The minimum atomic E-state index is -3.79. The zero-order valence-electron chi connectivity index (χ0n) is 16.2. The number of hydrogen-bond acceptors (Lipinski definition) is 5. The molecule has 0 amide bonds. The Kier molecular flexibility index (Phi) is 5.22. The molecule has 0 saturated heterocycles. The summed E-state index contributed by atoms with van der Waals surface area (Å²) >= 11 is 0. The summed E-state index contributed by atoms with van der Waals surface area (Å²) in [4.78, 5) is 15.4. The highest BCUT2D eigenvalue weighted by Crippen LogP contribution is 2.31. The van der Waals surface area contributed by atoms with Crippen molar-refractivity contribution in [3.8, 4) is 5.69 Å². The number of sulfonamides is 1. The quantitative estimate of drug-likeness (QED) is 0.464. The molecule has 148 valence electrons. The van der Waals surface area contributed by atoms with Crippen LogP contribution in [0.4, 0.5) is 5.69 Å². The van der Waals surface area contributed by atoms with Gasteiger partial charge in [0.1, 0.15) is 12.0 Å². The van der Waals surface area contributed by atoms with Gasteiger partial charge in [0.15, 0.2) is 0 Å². The SMILES string of the molecule is CCN(CC)S(=O)(=O)c1ccc(-n2cnc3cc(C)c(C)cc32)c([N+](=O)[O-])c1. The third kappa shape index (κ3) is 3.27. The first-order chi connectivity index (χ1) is 13.2. The summed E-state index contributed by atoms with van der Waals surface area (Å²) in [5, 5.41) is 11.7. The van der Waals surface area contributed by atoms with Crippen LogP contribution in [0.25, 0.3) is 16.7 Å². The largest absolute Gasteiger partial charge is 0.294 e. The van der Waals surface area contributed by atoms with E-state index in [2.05, 4.69) is 4.98 Å². The van der Waals surface area contributed by atoms with Crippen molar-refractivity contribution in [2.45, 2.75) is 32.6 Å². The van der Waals surface area contributed by atoms with E-state index in [-0.39, 0.29) is 16.3 Å². The summed E-state index contributed by atoms with van der Waals surface area (Å²) < 4.78 is 28.4. The summed E-state index contributed by atoms with van der Waals surface area (Å²) in [7, 11) is -3.79. The first-order valence-corrected chi connectivity index (χ1v) is 10.4. The monoisotopic (exact) mass is 402 g/mol. The van der Waals surface area contributed by atoms with E-state index >= 15 is 0 Å². The van der Waals surface area contributed by atoms with Crippen LogP contribution in [0.1, 0.15) is 25.0 Å². The van der Waals surface area contributed by atoms with Gasteiger partial charge in [-0.05, 0) is 49.2 Å². The number of imidazole rings is 1. The van der Waals surface area contributed by atoms with Crippen LogP contribution in [0.3, 0.4) is 0 Å². The predicted molar refractivity (Wildman–Crippen MR) is 107 cm³/mol. The number of hydrogen-bond donors (Lipinski definition) is 0. The van der Waals surface area contributed by atoms with Crippen molar-refractivity contribution in [3.05, 3.63) is 57.9 Å². The summed E-state index contributed by atoms with van der Waals surface area (Å²) in [6, 6.07) is 7.83. The van der Waals surface area contributed by atoms with E-state index in [0.717, 1.165) is 28.2 Å². The molecule has 0 aliphatic heterocycles. The normalized spacial score (nSPS) is 12.0. The van der Waals surface area contributed by atoms with E-state index < -0.39 is 14.9 Å². The second-order valence-electron chi connectivity index (χ2n) is 6.54. The highest BCUT2D eigenvalue weighted by Gasteiger charge is 2.26. The molecule has 2 aromatic carbocycles. The highest BCUT2D eigenvalue weighted by atomic mass is 32.2. The topological polar surface area (TPSA) is 98.3 Å². The minimum Gasteiger partial charge on any atom is -0.293 e. The van der Waals surface area contributed by atoms with E-state index in [0.29, 0.717) is 13.1 Å². The van der Waals surface area contributed by atoms with Crippen molar-refractivity contribution in [2.75, 3.05) is 13.1 Å². The standard InChI is InChI=1S/C19H22N4O4S/c1-5-21(6-2)28(26,27)15-7-8-17(19(11-15)23(24)25)22-12-20-16-9-13(3)14(4)10-18(16)22/h7-12H,5-6H2,1-4H3. The average Bonchev–Trinajstić information content (AvgIpc) is 3.04. The van der Waals surface area contributed by atoms with Gasteiger partial charge in [-0.15, -0.1) is 0 Å². The van der Waals surface area contributed by atoms with Crippen LogP contribution in [-0.2, 0) is 10.0 Å². The molecule has 0 radical (unpaired) electrons. The number of nitrogens with zero attached hydrogens (tertiary/aromatic N) is 4. The minimum absolute atomic E-state index is 0.0944. The lowest BCUT2D eigenvalue weighted by Gasteiger charge is -2.18. The Morgan fingerprint density at radius 3 is 2.36 bits per heavy atom. The number of nitro benzene ring substituents is 1. The van der Waals surface area contributed by atoms with Crippen LogP contribution in [0.15, 0.2) is 41.6 Å². The summed E-state index contributed by atoms with van der Waals surface area (Å²) in [6.07, 6.45) is 1.52. The number of benzene rings is 2. The van der Waals surface area contributed by atoms with Crippen molar-refractivity contribution in [2.24, 2.45) is 0 Å². The number of nitro groups is 1. The Bertz CT molecular complexity index is 1160. The van der Waals surface area contributed by atoms with E-state index in [4.69, 9.17) is 0 Å². The van der Waals surface area contributed by atoms with Gasteiger partial charge in [0, 0.05) is 19.2 Å². The number of fused-ring (bicyclic) bond motifs is 1. The number of aromatic nitrogens is 2. The van der Waals surface area contributed by atoms with Crippen molar-refractivity contribution >= 4 is 26.7 Å². The van der Waals surface area contributed by atoms with E-state index in [1.807, 2.05) is 26.0 Å². The smallest absolute Gasteiger partial charge is 0.293 e. The summed E-state index contributed by atoms with van der Waals surface area (Å²) in [5.74, 6) is 0. The molecule has 9 heteroatoms. The van der Waals surface area contributed by atoms with Gasteiger partial charge in [0.05, 0.1) is 20.9 Å². The van der Waals surface area contributed by atoms with E-state index in [1.165, 1.54) is 22.8 Å². The lowest BCUT2D eigenvalue weighted by atomic mass is 10.1. The predicted octanol–water partition coefficient (Wildman–Crippen LogP) is 3.58. The van der Waals surface area contributed by atoms with Crippen LogP contribution in [0.5, 0.6) is 0 Å². The van der Waals surface area contributed by atoms with E-state index in [9.17, 15) is 18.5 Å². The summed E-state index contributed by atoms with van der Waals surface area (Å²) in [5.41, 5.74) is 3.55. The maximum Gasteiger partial charge on any atom is 0.294 e. The molecule has 0 unspecified atom stereocenters. The van der Waals surface area contributed by atoms with Crippen LogP contribution in [0.2, 0.25) is 0 Å². The second kappa shape index (κ2) is 7.33. The van der Waals surface area contributed by atoms with Gasteiger partial charge in [-0.2, -0.15) is 4.31 Å². The van der Waals surface area contributed by atoms with Gasteiger partial charge in [-0.3, -0.25) is 14.7 Å². The molecule has 3 rings (SSSR count). The molecule has 0 atom stereocenters. The molecule has 0 fully saturated rings. The molecule has 0 aliphatic carbocycles. The number of rotatable bonds is 6. The van der Waals surface area contributed by atoms with Gasteiger partial charge in [-0.25, -0.2) is 13.4 Å². The Labute approximate surface area is 163 Å². The van der Waals surface area contributed by atoms with E-state index in [1.54, 1.807) is 18.4 Å². The third-order valence-electron chi connectivity index (χ3n) is 4.91. The van der Waals surface area contributed by atoms with Crippen molar-refractivity contribution in [1.29, 1.82) is 0 Å². The van der Waals surface area contributed by atoms with Crippen LogP contribution >= 0.6 is 0 Å². The first-order valence-electron chi connectivity index (χ1n) is 8.94. The molecule has 1 heterocycles. The molecule has 0 saturated carbocycles. The molecule has 0 N–H and O–H groups in total. The third-order valence-corrected chi connectivity index (χ3v) is 6.95. The molecule has 28 heavy (non-hydrogen) atoms. The molecule has 1 aromatic heterocycles.